The average Bonchev–Trinajstić information content (AvgIpc) is 2.85. The first-order chi connectivity index (χ1) is 17.4. The van der Waals surface area contributed by atoms with Crippen LogP contribution >= 0.6 is 0 Å². The predicted octanol–water partition coefficient (Wildman–Crippen LogP) is 0.975. The highest BCUT2D eigenvalue weighted by molar-refractivity contribution is 5.80. The van der Waals surface area contributed by atoms with E-state index in [4.69, 9.17) is 25.1 Å². The third kappa shape index (κ3) is 4.55. The fourth-order valence-corrected chi connectivity index (χ4v) is 6.10. The molecule has 0 spiro atoms. The number of methoxy groups -OCH3 is 1. The van der Waals surface area contributed by atoms with Crippen LogP contribution in [-0.2, 0) is 35.7 Å². The highest BCUT2D eigenvalue weighted by atomic mass is 16.6. The van der Waals surface area contributed by atoms with E-state index in [1.54, 1.807) is 12.1 Å². The van der Waals surface area contributed by atoms with Crippen molar-refractivity contribution in [3.05, 3.63) is 35.1 Å². The lowest BCUT2D eigenvalue weighted by Crippen LogP contribution is -2.71. The van der Waals surface area contributed by atoms with Gasteiger partial charge in [-0.2, -0.15) is 0 Å². The number of benzene rings is 1. The number of carboxylic acids is 1. The van der Waals surface area contributed by atoms with Crippen molar-refractivity contribution in [3.8, 4) is 11.5 Å². The van der Waals surface area contributed by atoms with Gasteiger partial charge >= 0.3 is 17.9 Å². The Morgan fingerprint density at radius 1 is 1.30 bits per heavy atom. The number of phenolic OH excluding ortho intramolecular Hbond substituents is 1. The summed E-state index contributed by atoms with van der Waals surface area (Å²) in [5.74, 6) is -2.14. The molecule has 4 rings (SSSR count). The summed E-state index contributed by atoms with van der Waals surface area (Å²) in [6, 6.07) is 2.07. The SMILES string of the molecule is COc1c(O)ccc2c1[C@]13CCN(C)[C@H](C2)[C@]1(O)CC=C(OC(=O)[C@H](C)OC(=O)CC[C@H](N)C(=O)O)C3. The zero-order valence-electron chi connectivity index (χ0n) is 21.2. The third-order valence-electron chi connectivity index (χ3n) is 8.09. The van der Waals surface area contributed by atoms with Gasteiger partial charge in [-0.3, -0.25) is 9.59 Å². The Kier molecular flexibility index (Phi) is 7.24. The number of nitrogens with two attached hydrogens (primary N) is 1. The van der Waals surface area contributed by atoms with Crippen LogP contribution in [0.1, 0.15) is 50.2 Å². The van der Waals surface area contributed by atoms with E-state index in [1.165, 1.54) is 14.0 Å². The quantitative estimate of drug-likeness (QED) is 0.362. The van der Waals surface area contributed by atoms with Crippen molar-refractivity contribution >= 4 is 17.9 Å². The Labute approximate surface area is 214 Å². The molecular formula is C26H34N2O9. The van der Waals surface area contributed by atoms with Crippen LogP contribution in [0, 0.1) is 0 Å². The van der Waals surface area contributed by atoms with Crippen LogP contribution in [0.2, 0.25) is 0 Å². The summed E-state index contributed by atoms with van der Waals surface area (Å²) in [7, 11) is 3.46. The minimum absolute atomic E-state index is 0.0217. The first-order valence-corrected chi connectivity index (χ1v) is 12.3. The van der Waals surface area contributed by atoms with E-state index < -0.39 is 41.1 Å². The molecule has 1 fully saturated rings. The number of hydrogen-bond donors (Lipinski definition) is 4. The second-order valence-corrected chi connectivity index (χ2v) is 10.2. The average molecular weight is 519 g/mol. The Hall–Kier alpha value is -3.15. The Morgan fingerprint density at radius 3 is 2.70 bits per heavy atom. The summed E-state index contributed by atoms with van der Waals surface area (Å²) in [4.78, 5) is 37.8. The minimum Gasteiger partial charge on any atom is -0.504 e. The molecule has 37 heavy (non-hydrogen) atoms. The van der Waals surface area contributed by atoms with E-state index in [2.05, 4.69) is 4.90 Å². The Balaban J connectivity index is 1.55. The molecule has 0 unspecified atom stereocenters. The molecule has 5 N–H and O–H groups in total. The lowest BCUT2D eigenvalue weighted by Gasteiger charge is -2.62. The van der Waals surface area contributed by atoms with Crippen molar-refractivity contribution in [1.29, 1.82) is 0 Å². The van der Waals surface area contributed by atoms with Crippen LogP contribution in [0.5, 0.6) is 11.5 Å². The minimum atomic E-state index is -1.23. The number of phenols is 1. The van der Waals surface area contributed by atoms with Gasteiger partial charge in [0.05, 0.1) is 12.7 Å². The van der Waals surface area contributed by atoms with Crippen LogP contribution in [0.4, 0.5) is 0 Å². The maximum absolute atomic E-state index is 12.8. The predicted molar refractivity (Wildman–Crippen MR) is 130 cm³/mol. The van der Waals surface area contributed by atoms with Gasteiger partial charge in [0.2, 0.25) is 0 Å². The molecular weight excluding hydrogens is 484 g/mol. The van der Waals surface area contributed by atoms with Gasteiger partial charge in [0, 0.05) is 36.3 Å². The number of hydrogen-bond acceptors (Lipinski definition) is 10. The summed E-state index contributed by atoms with van der Waals surface area (Å²) in [6.45, 7) is 2.07. The first-order valence-electron chi connectivity index (χ1n) is 12.3. The molecule has 0 amide bonds. The lowest BCUT2D eigenvalue weighted by atomic mass is 9.50. The number of aromatic hydroxyl groups is 1. The van der Waals surface area contributed by atoms with E-state index in [1.807, 2.05) is 13.1 Å². The molecule has 2 bridgehead atoms. The van der Waals surface area contributed by atoms with Crippen LogP contribution in [0.25, 0.3) is 0 Å². The topological polar surface area (TPSA) is 169 Å². The zero-order valence-corrected chi connectivity index (χ0v) is 21.2. The molecule has 2 aliphatic carbocycles. The summed E-state index contributed by atoms with van der Waals surface area (Å²) >= 11 is 0. The van der Waals surface area contributed by atoms with E-state index in [9.17, 15) is 24.6 Å². The van der Waals surface area contributed by atoms with E-state index in [0.717, 1.165) is 11.1 Å². The van der Waals surface area contributed by atoms with Crippen LogP contribution < -0.4 is 10.5 Å². The van der Waals surface area contributed by atoms with E-state index in [0.29, 0.717) is 30.9 Å². The number of aliphatic carboxylic acids is 1. The van der Waals surface area contributed by atoms with Crippen molar-refractivity contribution in [2.24, 2.45) is 5.73 Å². The van der Waals surface area contributed by atoms with Crippen molar-refractivity contribution in [2.45, 2.75) is 74.7 Å². The standard InChI is InChI=1S/C26H34N2O9/c1-14(36-20(30)7-5-17(27)23(31)32)24(33)37-16-8-9-26(34)19-12-15-4-6-18(29)22(35-3)21(15)25(26,13-16)10-11-28(19)2/h4,6,8,14,17,19,29,34H,5,7,9-13,27H2,1-3H3,(H,31,32)/t14-,17-,19+,25+,26+/m0/s1. The van der Waals surface area contributed by atoms with Gasteiger partial charge in [0.1, 0.15) is 11.8 Å². The van der Waals surface area contributed by atoms with E-state index in [-0.39, 0.29) is 37.5 Å². The third-order valence-corrected chi connectivity index (χ3v) is 8.09. The Morgan fingerprint density at radius 2 is 2.03 bits per heavy atom. The van der Waals surface area contributed by atoms with Gasteiger partial charge < -0.3 is 40.2 Å². The number of carbonyl (C=O) groups excluding carboxylic acids is 2. The number of likely N-dealkylation sites (N-methyl/N-ethyl adjacent to an activating group) is 1. The van der Waals surface area contributed by atoms with Crippen molar-refractivity contribution in [2.75, 3.05) is 20.7 Å². The number of ether oxygens (including phenoxy) is 3. The molecule has 3 aliphatic rings. The normalized spacial score (nSPS) is 28.1. The van der Waals surface area contributed by atoms with Gasteiger partial charge in [-0.25, -0.2) is 4.79 Å². The van der Waals surface area contributed by atoms with Crippen LogP contribution in [0.3, 0.4) is 0 Å². The molecule has 1 aromatic carbocycles. The number of fused-ring (bicyclic) bond motifs is 1. The monoisotopic (exact) mass is 518 g/mol. The molecule has 1 heterocycles. The number of nitrogens with zero attached hydrogens (tertiary/aromatic N) is 1. The van der Waals surface area contributed by atoms with Gasteiger partial charge in [0.25, 0.3) is 0 Å². The molecule has 1 aromatic rings. The fraction of sp³-hybridized carbons (Fsp3) is 0.577. The van der Waals surface area contributed by atoms with Gasteiger partial charge in [-0.05, 0) is 57.5 Å². The summed E-state index contributed by atoms with van der Waals surface area (Å²) in [5, 5.41) is 31.5. The molecule has 1 aliphatic heterocycles. The molecule has 202 valence electrons. The lowest BCUT2D eigenvalue weighted by molar-refractivity contribution is -0.168. The Bertz CT molecular complexity index is 1140. The number of likely N-dealkylation sites (tertiary alicyclic amines) is 1. The van der Waals surface area contributed by atoms with Crippen molar-refractivity contribution < 1.29 is 43.9 Å². The van der Waals surface area contributed by atoms with Gasteiger partial charge in [-0.15, -0.1) is 0 Å². The van der Waals surface area contributed by atoms with E-state index >= 15 is 0 Å². The highest BCUT2D eigenvalue weighted by Crippen LogP contribution is 2.60. The van der Waals surface area contributed by atoms with Crippen LogP contribution in [-0.4, -0.2) is 82.6 Å². The molecule has 1 saturated heterocycles. The number of aliphatic hydroxyl groups is 1. The maximum atomic E-state index is 12.8. The fourth-order valence-electron chi connectivity index (χ4n) is 6.10. The highest BCUT2D eigenvalue weighted by Gasteiger charge is 2.64. The summed E-state index contributed by atoms with van der Waals surface area (Å²) in [5.41, 5.74) is 5.06. The molecule has 0 radical (unpaired) electrons. The summed E-state index contributed by atoms with van der Waals surface area (Å²) < 4.78 is 16.4. The van der Waals surface area contributed by atoms with Crippen molar-refractivity contribution in [3.63, 3.8) is 0 Å². The van der Waals surface area contributed by atoms with Gasteiger partial charge in [0.15, 0.2) is 17.6 Å². The second-order valence-electron chi connectivity index (χ2n) is 10.2. The number of carboxylic acid groups (broad SMARTS) is 1. The number of carbonyl (C=O) groups is 3. The summed E-state index contributed by atoms with van der Waals surface area (Å²) in [6.07, 6.45) is 1.66. The molecule has 0 aromatic heterocycles. The molecule has 11 heteroatoms. The van der Waals surface area contributed by atoms with Gasteiger partial charge in [-0.1, -0.05) is 6.07 Å². The smallest absolute Gasteiger partial charge is 0.352 e. The second kappa shape index (κ2) is 9.96. The number of allylic oxidation sites excluding steroid dienone is 1. The zero-order chi connectivity index (χ0) is 27.1. The number of piperidine rings is 1. The molecule has 0 saturated carbocycles. The molecule has 5 atom stereocenters. The maximum Gasteiger partial charge on any atom is 0.352 e. The molecule has 11 nitrogen and oxygen atoms in total. The van der Waals surface area contributed by atoms with Crippen LogP contribution in [0.15, 0.2) is 24.0 Å². The number of rotatable bonds is 8. The first kappa shape index (κ1) is 26.9. The largest absolute Gasteiger partial charge is 0.504 e. The van der Waals surface area contributed by atoms with Crippen molar-refractivity contribution in [1.82, 2.24) is 4.90 Å². The number of esters is 2.